The van der Waals surface area contributed by atoms with Crippen LogP contribution in [-0.2, 0) is 11.2 Å². The Morgan fingerprint density at radius 3 is 2.68 bits per heavy atom. The van der Waals surface area contributed by atoms with Crippen LogP contribution in [0.4, 0.5) is 6.01 Å². The molecule has 0 unspecified atom stereocenters. The Hall–Kier alpha value is -3.15. The summed E-state index contributed by atoms with van der Waals surface area (Å²) in [7, 11) is 0. The van der Waals surface area contributed by atoms with E-state index in [1.54, 1.807) is 12.1 Å². The fourth-order valence-corrected chi connectivity index (χ4v) is 2.40. The van der Waals surface area contributed by atoms with E-state index in [-0.39, 0.29) is 18.5 Å². The predicted molar refractivity (Wildman–Crippen MR) is 93.6 cm³/mol. The molecule has 0 saturated carbocycles. The van der Waals surface area contributed by atoms with Crippen molar-refractivity contribution in [2.24, 2.45) is 0 Å². The van der Waals surface area contributed by atoms with Crippen LogP contribution in [0.3, 0.4) is 0 Å². The molecule has 6 nitrogen and oxygen atoms in total. The lowest BCUT2D eigenvalue weighted by Gasteiger charge is -2.05. The topological polar surface area (TPSA) is 77.2 Å². The molecule has 0 bridgehead atoms. The number of carbonyl (C=O) groups excluding carboxylic acids is 1. The van der Waals surface area contributed by atoms with Gasteiger partial charge in [-0.25, -0.2) is 0 Å². The van der Waals surface area contributed by atoms with Gasteiger partial charge in [-0.1, -0.05) is 47.1 Å². The number of aryl methyl sites for hydroxylation is 2. The summed E-state index contributed by atoms with van der Waals surface area (Å²) in [5.74, 6) is 0.718. The van der Waals surface area contributed by atoms with Crippen LogP contribution in [0, 0.1) is 13.8 Å². The minimum Gasteiger partial charge on any atom is -0.484 e. The zero-order valence-corrected chi connectivity index (χ0v) is 14.2. The SMILES string of the molecule is Cc1ccc(Cc2nnc(NC(=O)COc3ccccc3)o2)c(C)c1. The average molecular weight is 337 g/mol. The van der Waals surface area contributed by atoms with Gasteiger partial charge in [-0.15, -0.1) is 5.10 Å². The van der Waals surface area contributed by atoms with Crippen molar-refractivity contribution in [2.45, 2.75) is 20.3 Å². The Kier molecular flexibility index (Phi) is 5.09. The lowest BCUT2D eigenvalue weighted by molar-refractivity contribution is -0.118. The van der Waals surface area contributed by atoms with Crippen molar-refractivity contribution in [3.05, 3.63) is 71.1 Å². The number of ether oxygens (including phenoxy) is 1. The summed E-state index contributed by atoms with van der Waals surface area (Å²) in [6.07, 6.45) is 0.523. The molecule has 0 spiro atoms. The molecule has 0 fully saturated rings. The van der Waals surface area contributed by atoms with Crippen molar-refractivity contribution < 1.29 is 13.9 Å². The second-order valence-corrected chi connectivity index (χ2v) is 5.76. The summed E-state index contributed by atoms with van der Waals surface area (Å²) in [4.78, 5) is 11.9. The van der Waals surface area contributed by atoms with Gasteiger partial charge in [0.1, 0.15) is 5.75 Å². The van der Waals surface area contributed by atoms with Crippen LogP contribution in [-0.4, -0.2) is 22.7 Å². The number of aromatic nitrogens is 2. The van der Waals surface area contributed by atoms with E-state index >= 15 is 0 Å². The number of amides is 1. The number of anilines is 1. The molecule has 1 heterocycles. The number of hydrogen-bond donors (Lipinski definition) is 1. The number of carbonyl (C=O) groups is 1. The molecule has 2 aromatic carbocycles. The van der Waals surface area contributed by atoms with Gasteiger partial charge in [0.15, 0.2) is 6.61 Å². The second-order valence-electron chi connectivity index (χ2n) is 5.76. The van der Waals surface area contributed by atoms with Gasteiger partial charge >= 0.3 is 6.01 Å². The second kappa shape index (κ2) is 7.61. The molecule has 1 aromatic heterocycles. The summed E-state index contributed by atoms with van der Waals surface area (Å²) in [6, 6.07) is 15.4. The summed E-state index contributed by atoms with van der Waals surface area (Å²) in [5.41, 5.74) is 3.48. The van der Waals surface area contributed by atoms with Crippen molar-refractivity contribution in [3.8, 4) is 5.75 Å². The summed E-state index contributed by atoms with van der Waals surface area (Å²) in [5, 5.41) is 10.4. The number of benzene rings is 2. The maximum absolute atomic E-state index is 11.9. The monoisotopic (exact) mass is 337 g/mol. The molecule has 0 radical (unpaired) electrons. The van der Waals surface area contributed by atoms with Crippen LogP contribution >= 0.6 is 0 Å². The number of hydrogen-bond acceptors (Lipinski definition) is 5. The number of nitrogens with one attached hydrogen (secondary N) is 1. The molecule has 3 rings (SSSR count). The number of nitrogens with zero attached hydrogens (tertiary/aromatic N) is 2. The number of para-hydroxylation sites is 1. The van der Waals surface area contributed by atoms with Crippen LogP contribution in [0.15, 0.2) is 52.9 Å². The van der Waals surface area contributed by atoms with Gasteiger partial charge < -0.3 is 9.15 Å². The summed E-state index contributed by atoms with van der Waals surface area (Å²) in [6.45, 7) is 3.97. The summed E-state index contributed by atoms with van der Waals surface area (Å²) < 4.78 is 10.9. The van der Waals surface area contributed by atoms with Crippen molar-refractivity contribution >= 4 is 11.9 Å². The van der Waals surface area contributed by atoms with Crippen LogP contribution < -0.4 is 10.1 Å². The van der Waals surface area contributed by atoms with Gasteiger partial charge in [0.05, 0.1) is 6.42 Å². The van der Waals surface area contributed by atoms with Crippen molar-refractivity contribution in [1.82, 2.24) is 10.2 Å². The van der Waals surface area contributed by atoms with Crippen molar-refractivity contribution in [3.63, 3.8) is 0 Å². The van der Waals surface area contributed by atoms with Crippen molar-refractivity contribution in [2.75, 3.05) is 11.9 Å². The van der Waals surface area contributed by atoms with E-state index in [9.17, 15) is 4.79 Å². The Bertz CT molecular complexity index is 859. The van der Waals surface area contributed by atoms with Gasteiger partial charge in [0.2, 0.25) is 5.89 Å². The fraction of sp³-hybridized carbons (Fsp3) is 0.211. The van der Waals surface area contributed by atoms with Gasteiger partial charge in [0, 0.05) is 0 Å². The summed E-state index contributed by atoms with van der Waals surface area (Å²) >= 11 is 0. The zero-order valence-electron chi connectivity index (χ0n) is 14.2. The molecule has 0 atom stereocenters. The molecule has 0 aliphatic rings. The molecule has 0 aliphatic heterocycles. The third kappa shape index (κ3) is 4.67. The molecular weight excluding hydrogens is 318 g/mol. The standard InChI is InChI=1S/C19H19N3O3/c1-13-8-9-15(14(2)10-13)11-18-21-22-19(25-18)20-17(23)12-24-16-6-4-3-5-7-16/h3-10H,11-12H2,1-2H3,(H,20,22,23). The predicted octanol–water partition coefficient (Wildman–Crippen LogP) is 3.29. The quantitative estimate of drug-likeness (QED) is 0.747. The highest BCUT2D eigenvalue weighted by molar-refractivity contribution is 5.89. The van der Waals surface area contributed by atoms with E-state index in [0.29, 0.717) is 18.1 Å². The van der Waals surface area contributed by atoms with E-state index in [0.717, 1.165) is 5.56 Å². The molecule has 1 amide bonds. The van der Waals surface area contributed by atoms with Gasteiger partial charge in [-0.05, 0) is 37.1 Å². The van der Waals surface area contributed by atoms with E-state index in [2.05, 4.69) is 28.5 Å². The van der Waals surface area contributed by atoms with Crippen LogP contribution in [0.1, 0.15) is 22.6 Å². The maximum atomic E-state index is 11.9. The molecule has 25 heavy (non-hydrogen) atoms. The fourth-order valence-electron chi connectivity index (χ4n) is 2.40. The molecular formula is C19H19N3O3. The minimum absolute atomic E-state index is 0.0708. The highest BCUT2D eigenvalue weighted by Crippen LogP contribution is 2.16. The third-order valence-corrected chi connectivity index (χ3v) is 3.67. The van der Waals surface area contributed by atoms with Crippen LogP contribution in [0.5, 0.6) is 5.75 Å². The highest BCUT2D eigenvalue weighted by Gasteiger charge is 2.12. The maximum Gasteiger partial charge on any atom is 0.322 e. The van der Waals surface area contributed by atoms with Crippen LogP contribution in [0.2, 0.25) is 0 Å². The zero-order chi connectivity index (χ0) is 17.6. The van der Waals surface area contributed by atoms with Crippen molar-refractivity contribution in [1.29, 1.82) is 0 Å². The van der Waals surface area contributed by atoms with Crippen LogP contribution in [0.25, 0.3) is 0 Å². The van der Waals surface area contributed by atoms with E-state index < -0.39 is 0 Å². The lowest BCUT2D eigenvalue weighted by atomic mass is 10.0. The Morgan fingerprint density at radius 2 is 1.92 bits per heavy atom. The molecule has 0 saturated heterocycles. The third-order valence-electron chi connectivity index (χ3n) is 3.67. The first-order chi connectivity index (χ1) is 12.1. The Morgan fingerprint density at radius 1 is 1.12 bits per heavy atom. The number of rotatable bonds is 6. The molecule has 0 aliphatic carbocycles. The first kappa shape index (κ1) is 16.7. The van der Waals surface area contributed by atoms with Gasteiger partial charge in [-0.2, -0.15) is 0 Å². The average Bonchev–Trinajstić information content (AvgIpc) is 3.03. The Labute approximate surface area is 145 Å². The largest absolute Gasteiger partial charge is 0.484 e. The van der Waals surface area contributed by atoms with Gasteiger partial charge in [0.25, 0.3) is 5.91 Å². The normalized spacial score (nSPS) is 10.5. The molecule has 1 N–H and O–H groups in total. The van der Waals surface area contributed by atoms with Gasteiger partial charge in [-0.3, -0.25) is 10.1 Å². The highest BCUT2D eigenvalue weighted by atomic mass is 16.5. The molecule has 3 aromatic rings. The van der Waals surface area contributed by atoms with E-state index in [4.69, 9.17) is 9.15 Å². The first-order valence-corrected chi connectivity index (χ1v) is 7.96. The first-order valence-electron chi connectivity index (χ1n) is 7.96. The minimum atomic E-state index is -0.356. The Balaban J connectivity index is 1.55. The smallest absolute Gasteiger partial charge is 0.322 e. The molecule has 6 heteroatoms. The van der Waals surface area contributed by atoms with E-state index in [1.165, 1.54) is 11.1 Å². The molecule has 128 valence electrons. The van der Waals surface area contributed by atoms with E-state index in [1.807, 2.05) is 37.3 Å². The lowest BCUT2D eigenvalue weighted by Crippen LogP contribution is -2.20.